The summed E-state index contributed by atoms with van der Waals surface area (Å²) >= 11 is 0. The minimum Gasteiger partial charge on any atom is -0.258 e. The number of nitro groups is 1. The van der Waals surface area contributed by atoms with Crippen LogP contribution < -0.4 is 4.83 Å². The highest BCUT2D eigenvalue weighted by Crippen LogP contribution is 2.22. The SMILES string of the molecule is CC[C@@H](C)/C(C)=N\NS(=O)(=O)c1ccc(C)c([N+](=O)[O-])c1. The molecule has 0 aliphatic rings. The van der Waals surface area contributed by atoms with Gasteiger partial charge in [0.25, 0.3) is 15.7 Å². The summed E-state index contributed by atoms with van der Waals surface area (Å²) in [5.41, 5.74) is 0.821. The highest BCUT2D eigenvalue weighted by atomic mass is 32.2. The standard InChI is InChI=1S/C13H19N3O4S/c1-5-9(2)11(4)14-15-21(19,20)12-7-6-10(3)13(8-12)16(17)18/h6-9,15H,5H2,1-4H3/b14-11-/t9-/m1/s1. The zero-order chi connectivity index (χ0) is 16.2. The lowest BCUT2D eigenvalue weighted by molar-refractivity contribution is -0.385. The molecule has 1 rings (SSSR count). The fraction of sp³-hybridized carbons (Fsp3) is 0.462. The van der Waals surface area contributed by atoms with Gasteiger partial charge in [0.2, 0.25) is 0 Å². The van der Waals surface area contributed by atoms with Gasteiger partial charge < -0.3 is 0 Å². The highest BCUT2D eigenvalue weighted by molar-refractivity contribution is 7.89. The lowest BCUT2D eigenvalue weighted by Gasteiger charge is -2.09. The van der Waals surface area contributed by atoms with Gasteiger partial charge in [-0.1, -0.05) is 19.9 Å². The molecule has 1 N–H and O–H groups in total. The molecule has 0 fully saturated rings. The van der Waals surface area contributed by atoms with E-state index in [0.29, 0.717) is 11.3 Å². The summed E-state index contributed by atoms with van der Waals surface area (Å²) in [5.74, 6) is 0.153. The third-order valence-electron chi connectivity index (χ3n) is 3.36. The van der Waals surface area contributed by atoms with Gasteiger partial charge in [-0.25, -0.2) is 4.83 Å². The van der Waals surface area contributed by atoms with Gasteiger partial charge in [0.1, 0.15) is 0 Å². The topological polar surface area (TPSA) is 102 Å². The molecule has 7 nitrogen and oxygen atoms in total. The molecule has 0 radical (unpaired) electrons. The predicted molar refractivity (Wildman–Crippen MR) is 80.7 cm³/mol. The van der Waals surface area contributed by atoms with E-state index in [1.165, 1.54) is 12.1 Å². The van der Waals surface area contributed by atoms with Crippen LogP contribution in [0, 0.1) is 23.0 Å². The van der Waals surface area contributed by atoms with Gasteiger partial charge >= 0.3 is 0 Å². The smallest absolute Gasteiger partial charge is 0.258 e. The van der Waals surface area contributed by atoms with Crippen LogP contribution in [0.5, 0.6) is 0 Å². The Bertz CT molecular complexity index is 668. The maximum atomic E-state index is 12.1. The van der Waals surface area contributed by atoms with Crippen molar-refractivity contribution in [3.05, 3.63) is 33.9 Å². The van der Waals surface area contributed by atoms with Gasteiger partial charge in [-0.2, -0.15) is 13.5 Å². The Morgan fingerprint density at radius 2 is 2.10 bits per heavy atom. The number of sulfonamides is 1. The van der Waals surface area contributed by atoms with E-state index in [1.54, 1.807) is 13.8 Å². The lowest BCUT2D eigenvalue weighted by Crippen LogP contribution is -2.21. The van der Waals surface area contributed by atoms with Crippen LogP contribution in [0.4, 0.5) is 5.69 Å². The Morgan fingerprint density at radius 3 is 2.62 bits per heavy atom. The van der Waals surface area contributed by atoms with Crippen LogP contribution in [-0.4, -0.2) is 19.1 Å². The number of rotatable bonds is 6. The molecule has 0 aromatic heterocycles. The second-order valence-electron chi connectivity index (χ2n) is 4.86. The maximum Gasteiger partial charge on any atom is 0.276 e. The van der Waals surface area contributed by atoms with Crippen LogP contribution >= 0.6 is 0 Å². The summed E-state index contributed by atoms with van der Waals surface area (Å²) in [5, 5.41) is 14.7. The van der Waals surface area contributed by atoms with Crippen molar-refractivity contribution in [1.82, 2.24) is 4.83 Å². The monoisotopic (exact) mass is 313 g/mol. The van der Waals surface area contributed by atoms with E-state index in [1.807, 2.05) is 13.8 Å². The zero-order valence-electron chi connectivity index (χ0n) is 12.5. The van der Waals surface area contributed by atoms with Gasteiger partial charge in [0.05, 0.1) is 9.82 Å². The van der Waals surface area contributed by atoms with Crippen molar-refractivity contribution in [2.24, 2.45) is 11.0 Å². The second-order valence-corrected chi connectivity index (χ2v) is 6.52. The number of nitrogens with one attached hydrogen (secondary N) is 1. The number of hydrogen-bond acceptors (Lipinski definition) is 5. The Labute approximate surface area is 124 Å². The van der Waals surface area contributed by atoms with Gasteiger partial charge in [-0.05, 0) is 32.3 Å². The van der Waals surface area contributed by atoms with Crippen molar-refractivity contribution < 1.29 is 13.3 Å². The first-order chi connectivity index (χ1) is 9.69. The van der Waals surface area contributed by atoms with E-state index < -0.39 is 14.9 Å². The van der Waals surface area contributed by atoms with Crippen molar-refractivity contribution in [2.75, 3.05) is 0 Å². The van der Waals surface area contributed by atoms with Gasteiger partial charge in [-0.3, -0.25) is 10.1 Å². The third kappa shape index (κ3) is 4.25. The molecule has 0 amide bonds. The molecule has 0 bridgehead atoms. The average molecular weight is 313 g/mol. The molecule has 0 saturated carbocycles. The second kappa shape index (κ2) is 6.66. The van der Waals surface area contributed by atoms with E-state index in [4.69, 9.17) is 0 Å². The van der Waals surface area contributed by atoms with Crippen LogP contribution in [0.1, 0.15) is 32.8 Å². The quantitative estimate of drug-likeness (QED) is 0.495. The molecule has 116 valence electrons. The van der Waals surface area contributed by atoms with Crippen LogP contribution in [0.3, 0.4) is 0 Å². The Hall–Kier alpha value is -1.96. The van der Waals surface area contributed by atoms with Gasteiger partial charge in [-0.15, -0.1) is 0 Å². The third-order valence-corrected chi connectivity index (χ3v) is 4.56. The molecule has 0 unspecified atom stereocenters. The van der Waals surface area contributed by atoms with Gasteiger partial charge in [0.15, 0.2) is 0 Å². The van der Waals surface area contributed by atoms with E-state index in [2.05, 4.69) is 9.93 Å². The van der Waals surface area contributed by atoms with Crippen molar-refractivity contribution >= 4 is 21.4 Å². The van der Waals surface area contributed by atoms with E-state index >= 15 is 0 Å². The molecule has 0 heterocycles. The van der Waals surface area contributed by atoms with Crippen LogP contribution in [0.15, 0.2) is 28.2 Å². The van der Waals surface area contributed by atoms with Crippen molar-refractivity contribution in [2.45, 2.75) is 39.0 Å². The predicted octanol–water partition coefficient (Wildman–Crippen LogP) is 2.60. The van der Waals surface area contributed by atoms with E-state index in [0.717, 1.165) is 12.5 Å². The minimum absolute atomic E-state index is 0.153. The first kappa shape index (κ1) is 17.1. The molecule has 0 aliphatic heterocycles. The van der Waals surface area contributed by atoms with E-state index in [-0.39, 0.29) is 16.5 Å². The molecule has 0 spiro atoms. The molecule has 0 aliphatic carbocycles. The molecule has 1 aromatic carbocycles. The lowest BCUT2D eigenvalue weighted by atomic mass is 10.1. The number of nitro benzene ring substituents is 1. The largest absolute Gasteiger partial charge is 0.276 e. The number of hydrazone groups is 1. The van der Waals surface area contributed by atoms with Crippen molar-refractivity contribution in [3.63, 3.8) is 0 Å². The molecular formula is C13H19N3O4S. The van der Waals surface area contributed by atoms with Crippen LogP contribution in [0.2, 0.25) is 0 Å². The summed E-state index contributed by atoms with van der Waals surface area (Å²) in [7, 11) is -3.91. The van der Waals surface area contributed by atoms with Crippen LogP contribution in [-0.2, 0) is 10.0 Å². The summed E-state index contributed by atoms with van der Waals surface area (Å²) in [6.45, 7) is 7.19. The molecule has 1 aromatic rings. The average Bonchev–Trinajstić information content (AvgIpc) is 2.43. The summed E-state index contributed by atoms with van der Waals surface area (Å²) < 4.78 is 24.2. The molecule has 0 saturated heterocycles. The van der Waals surface area contributed by atoms with Crippen LogP contribution in [0.25, 0.3) is 0 Å². The molecular weight excluding hydrogens is 294 g/mol. The van der Waals surface area contributed by atoms with E-state index in [9.17, 15) is 18.5 Å². The molecule has 21 heavy (non-hydrogen) atoms. The fourth-order valence-corrected chi connectivity index (χ4v) is 2.43. The normalized spacial score (nSPS) is 13.8. The Morgan fingerprint density at radius 1 is 1.48 bits per heavy atom. The zero-order valence-corrected chi connectivity index (χ0v) is 13.3. The number of nitrogens with zero attached hydrogens (tertiary/aromatic N) is 2. The number of hydrogen-bond donors (Lipinski definition) is 1. The van der Waals surface area contributed by atoms with Crippen molar-refractivity contribution in [1.29, 1.82) is 0 Å². The number of benzene rings is 1. The van der Waals surface area contributed by atoms with Gasteiger partial charge in [0, 0.05) is 17.3 Å². The molecule has 8 heteroatoms. The molecule has 1 atom stereocenters. The summed E-state index contributed by atoms with van der Waals surface area (Å²) in [6.07, 6.45) is 0.840. The minimum atomic E-state index is -3.91. The fourth-order valence-electron chi connectivity index (χ4n) is 1.54. The first-order valence-electron chi connectivity index (χ1n) is 6.50. The summed E-state index contributed by atoms with van der Waals surface area (Å²) in [4.78, 5) is 12.2. The highest BCUT2D eigenvalue weighted by Gasteiger charge is 2.19. The Kier molecular flexibility index (Phi) is 5.42. The maximum absolute atomic E-state index is 12.1. The summed E-state index contributed by atoms with van der Waals surface area (Å²) in [6, 6.07) is 3.75. The Balaban J connectivity index is 3.09. The number of aryl methyl sites for hydroxylation is 1. The first-order valence-corrected chi connectivity index (χ1v) is 7.98. The van der Waals surface area contributed by atoms with Crippen molar-refractivity contribution in [3.8, 4) is 0 Å².